The standard InChI is InChI=1S/C20H38O5/c1-7-8-20-24-17(9-13(2)3)11-18(25-20)12-19(23-16(6)22)14(4)10-15(5)21/h13-15,17-21H,7-12H2,1-6H3. The van der Waals surface area contributed by atoms with Crippen molar-refractivity contribution in [1.82, 2.24) is 0 Å². The second-order valence-corrected chi connectivity index (χ2v) is 8.05. The number of rotatable bonds is 10. The number of esters is 1. The Balaban J connectivity index is 2.75. The van der Waals surface area contributed by atoms with Crippen LogP contribution in [0, 0.1) is 11.8 Å². The first-order chi connectivity index (χ1) is 11.7. The molecule has 25 heavy (non-hydrogen) atoms. The molecule has 1 aliphatic rings. The van der Waals surface area contributed by atoms with Gasteiger partial charge in [0.1, 0.15) is 6.10 Å². The highest BCUT2D eigenvalue weighted by Gasteiger charge is 2.34. The zero-order valence-corrected chi connectivity index (χ0v) is 16.9. The summed E-state index contributed by atoms with van der Waals surface area (Å²) in [6, 6.07) is 0. The summed E-state index contributed by atoms with van der Waals surface area (Å²) < 4.78 is 17.8. The number of carbonyl (C=O) groups is 1. The van der Waals surface area contributed by atoms with E-state index in [9.17, 15) is 9.90 Å². The Labute approximate surface area is 153 Å². The van der Waals surface area contributed by atoms with E-state index in [1.54, 1.807) is 6.92 Å². The highest BCUT2D eigenvalue weighted by atomic mass is 16.7. The van der Waals surface area contributed by atoms with Crippen LogP contribution in [-0.4, -0.2) is 41.8 Å². The summed E-state index contributed by atoms with van der Waals surface area (Å²) in [7, 11) is 0. The predicted octanol–water partition coefficient (Wildman–Crippen LogP) is 4.06. The molecule has 1 heterocycles. The minimum Gasteiger partial charge on any atom is -0.462 e. The van der Waals surface area contributed by atoms with Crippen LogP contribution in [0.3, 0.4) is 0 Å². The summed E-state index contributed by atoms with van der Waals surface area (Å²) in [5.41, 5.74) is 0. The molecule has 0 amide bonds. The molecule has 5 nitrogen and oxygen atoms in total. The third-order valence-electron chi connectivity index (χ3n) is 4.63. The van der Waals surface area contributed by atoms with Crippen molar-refractivity contribution in [2.75, 3.05) is 0 Å². The summed E-state index contributed by atoms with van der Waals surface area (Å²) in [6.07, 6.45) is 4.40. The van der Waals surface area contributed by atoms with Crippen molar-refractivity contribution < 1.29 is 24.1 Å². The third kappa shape index (κ3) is 9.02. The van der Waals surface area contributed by atoms with Crippen molar-refractivity contribution in [2.24, 2.45) is 11.8 Å². The minimum absolute atomic E-state index is 0.0230. The molecule has 1 fully saturated rings. The van der Waals surface area contributed by atoms with E-state index in [-0.39, 0.29) is 36.5 Å². The molecule has 148 valence electrons. The number of aliphatic hydroxyl groups excluding tert-OH is 1. The van der Waals surface area contributed by atoms with Crippen LogP contribution >= 0.6 is 0 Å². The maximum atomic E-state index is 11.5. The van der Waals surface area contributed by atoms with Crippen LogP contribution in [0.5, 0.6) is 0 Å². The lowest BCUT2D eigenvalue weighted by molar-refractivity contribution is -0.253. The second kappa shape index (κ2) is 11.1. The van der Waals surface area contributed by atoms with E-state index >= 15 is 0 Å². The molecule has 0 saturated carbocycles. The number of ether oxygens (including phenoxy) is 3. The zero-order chi connectivity index (χ0) is 19.0. The Morgan fingerprint density at radius 1 is 1.16 bits per heavy atom. The van der Waals surface area contributed by atoms with E-state index in [4.69, 9.17) is 14.2 Å². The summed E-state index contributed by atoms with van der Waals surface area (Å²) in [4.78, 5) is 11.5. The summed E-state index contributed by atoms with van der Waals surface area (Å²) in [5.74, 6) is 0.381. The molecule has 1 N–H and O–H groups in total. The normalized spacial score (nSPS) is 27.8. The van der Waals surface area contributed by atoms with Crippen LogP contribution in [0.15, 0.2) is 0 Å². The zero-order valence-electron chi connectivity index (χ0n) is 16.9. The smallest absolute Gasteiger partial charge is 0.302 e. The maximum absolute atomic E-state index is 11.5. The van der Waals surface area contributed by atoms with Gasteiger partial charge in [-0.05, 0) is 38.0 Å². The Morgan fingerprint density at radius 2 is 1.76 bits per heavy atom. The van der Waals surface area contributed by atoms with E-state index < -0.39 is 6.10 Å². The van der Waals surface area contributed by atoms with Crippen LogP contribution in [0.1, 0.15) is 80.1 Å². The third-order valence-corrected chi connectivity index (χ3v) is 4.63. The van der Waals surface area contributed by atoms with E-state index in [0.29, 0.717) is 18.8 Å². The summed E-state index contributed by atoms with van der Waals surface area (Å²) in [6.45, 7) is 11.8. The fourth-order valence-corrected chi connectivity index (χ4v) is 3.63. The average Bonchev–Trinajstić information content (AvgIpc) is 2.44. The van der Waals surface area contributed by atoms with E-state index in [2.05, 4.69) is 20.8 Å². The Bertz CT molecular complexity index is 382. The largest absolute Gasteiger partial charge is 0.462 e. The fourth-order valence-electron chi connectivity index (χ4n) is 3.63. The molecular formula is C20H38O5. The first kappa shape index (κ1) is 22.4. The molecule has 0 aromatic rings. The average molecular weight is 359 g/mol. The van der Waals surface area contributed by atoms with Gasteiger partial charge in [-0.1, -0.05) is 34.1 Å². The molecule has 0 aliphatic carbocycles. The molecule has 5 heteroatoms. The monoisotopic (exact) mass is 358 g/mol. The molecule has 6 unspecified atom stereocenters. The molecule has 1 aliphatic heterocycles. The van der Waals surface area contributed by atoms with Gasteiger partial charge in [-0.3, -0.25) is 4.79 Å². The molecule has 1 saturated heterocycles. The van der Waals surface area contributed by atoms with Gasteiger partial charge in [0.15, 0.2) is 6.29 Å². The van der Waals surface area contributed by atoms with Crippen LogP contribution in [-0.2, 0) is 19.0 Å². The van der Waals surface area contributed by atoms with E-state index in [1.165, 1.54) is 6.92 Å². The van der Waals surface area contributed by atoms with E-state index in [0.717, 1.165) is 25.7 Å². The molecule has 0 aromatic carbocycles. The van der Waals surface area contributed by atoms with Gasteiger partial charge in [-0.25, -0.2) is 0 Å². The minimum atomic E-state index is -0.412. The predicted molar refractivity (Wildman–Crippen MR) is 98.1 cm³/mol. The van der Waals surface area contributed by atoms with E-state index in [1.807, 2.05) is 6.92 Å². The fraction of sp³-hybridized carbons (Fsp3) is 0.950. The van der Waals surface area contributed by atoms with Crippen LogP contribution in [0.4, 0.5) is 0 Å². The van der Waals surface area contributed by atoms with Gasteiger partial charge >= 0.3 is 5.97 Å². The lowest BCUT2D eigenvalue weighted by Crippen LogP contribution is -2.42. The second-order valence-electron chi connectivity index (χ2n) is 8.05. The molecule has 1 rings (SSSR count). The Kier molecular flexibility index (Phi) is 9.98. The van der Waals surface area contributed by atoms with Crippen molar-refractivity contribution in [3.63, 3.8) is 0 Å². The molecule has 6 atom stereocenters. The van der Waals surface area contributed by atoms with Gasteiger partial charge in [0, 0.05) is 19.8 Å². The highest BCUT2D eigenvalue weighted by molar-refractivity contribution is 5.66. The number of carbonyl (C=O) groups excluding carboxylic acids is 1. The van der Waals surface area contributed by atoms with Crippen LogP contribution in [0.25, 0.3) is 0 Å². The van der Waals surface area contributed by atoms with Crippen LogP contribution < -0.4 is 0 Å². The molecule has 0 bridgehead atoms. The van der Waals surface area contributed by atoms with Crippen molar-refractivity contribution >= 4 is 5.97 Å². The number of aliphatic hydroxyl groups is 1. The van der Waals surface area contributed by atoms with Gasteiger partial charge in [0.05, 0.1) is 18.3 Å². The first-order valence-electron chi connectivity index (χ1n) is 9.87. The van der Waals surface area contributed by atoms with Crippen molar-refractivity contribution in [2.45, 2.75) is 111 Å². The highest BCUT2D eigenvalue weighted by Crippen LogP contribution is 2.30. The number of hydrogen-bond acceptors (Lipinski definition) is 5. The van der Waals surface area contributed by atoms with Crippen molar-refractivity contribution in [3.8, 4) is 0 Å². The molecular weight excluding hydrogens is 320 g/mol. The lowest BCUT2D eigenvalue weighted by Gasteiger charge is -2.38. The quantitative estimate of drug-likeness (QED) is 0.597. The number of hydrogen-bond donors (Lipinski definition) is 1. The SMILES string of the molecule is CCCC1OC(CC(C)C)CC(CC(OC(C)=O)C(C)CC(C)O)O1. The van der Waals surface area contributed by atoms with Gasteiger partial charge in [0.2, 0.25) is 0 Å². The Hall–Kier alpha value is -0.650. The lowest BCUT2D eigenvalue weighted by atomic mass is 9.90. The van der Waals surface area contributed by atoms with Crippen molar-refractivity contribution in [1.29, 1.82) is 0 Å². The topological polar surface area (TPSA) is 65.0 Å². The Morgan fingerprint density at radius 3 is 2.24 bits per heavy atom. The van der Waals surface area contributed by atoms with Gasteiger partial charge in [-0.15, -0.1) is 0 Å². The first-order valence-corrected chi connectivity index (χ1v) is 9.87. The van der Waals surface area contributed by atoms with Gasteiger partial charge in [0.25, 0.3) is 0 Å². The summed E-state index contributed by atoms with van der Waals surface area (Å²) in [5, 5.41) is 9.67. The molecule has 0 radical (unpaired) electrons. The van der Waals surface area contributed by atoms with Gasteiger partial charge < -0.3 is 19.3 Å². The molecule has 0 aromatic heterocycles. The summed E-state index contributed by atoms with van der Waals surface area (Å²) >= 11 is 0. The van der Waals surface area contributed by atoms with Crippen LogP contribution in [0.2, 0.25) is 0 Å². The van der Waals surface area contributed by atoms with Gasteiger partial charge in [-0.2, -0.15) is 0 Å². The van der Waals surface area contributed by atoms with Crippen molar-refractivity contribution in [3.05, 3.63) is 0 Å². The molecule has 0 spiro atoms. The maximum Gasteiger partial charge on any atom is 0.302 e.